The zero-order valence-corrected chi connectivity index (χ0v) is 11.6. The Bertz CT molecular complexity index is 754. The van der Waals surface area contributed by atoms with E-state index in [1.54, 1.807) is 12.3 Å². The molecule has 0 spiro atoms. The normalized spacial score (nSPS) is 31.3. The van der Waals surface area contributed by atoms with Gasteiger partial charge in [-0.05, 0) is 12.1 Å². The summed E-state index contributed by atoms with van der Waals surface area (Å²) >= 11 is 0. The molecule has 1 saturated heterocycles. The molecule has 0 aliphatic carbocycles. The molecule has 8 heteroatoms. The number of fused-ring (bicyclic) bond motifs is 1. The van der Waals surface area contributed by atoms with Crippen molar-refractivity contribution in [1.82, 2.24) is 14.5 Å². The number of aliphatic hydroxyl groups excluding tert-OH is 2. The first-order valence-electron chi connectivity index (χ1n) is 6.63. The summed E-state index contributed by atoms with van der Waals surface area (Å²) in [6, 6.07) is 1.69. The van der Waals surface area contributed by atoms with Crippen LogP contribution in [0.4, 0.5) is 5.82 Å². The van der Waals surface area contributed by atoms with Gasteiger partial charge in [0.2, 0.25) is 0 Å². The van der Waals surface area contributed by atoms with Crippen molar-refractivity contribution in [3.63, 3.8) is 0 Å². The fourth-order valence-corrected chi connectivity index (χ4v) is 2.72. The van der Waals surface area contributed by atoms with Crippen molar-refractivity contribution < 1.29 is 20.1 Å². The molecule has 0 amide bonds. The van der Waals surface area contributed by atoms with Gasteiger partial charge in [0, 0.05) is 6.20 Å². The highest BCUT2D eigenvalue weighted by atomic mass is 16.6. The SMILES string of the molecule is C=C=C[C@@]1(O)[C@H](O)[C@@H](CO)O[C@H]1n1ccc2c(N)ncnc21. The molecule has 0 aromatic carbocycles. The number of hydrogen-bond acceptors (Lipinski definition) is 7. The Balaban J connectivity index is 2.16. The summed E-state index contributed by atoms with van der Waals surface area (Å²) in [6.07, 6.45) is 0.833. The van der Waals surface area contributed by atoms with E-state index in [-0.39, 0.29) is 0 Å². The van der Waals surface area contributed by atoms with E-state index < -0.39 is 30.6 Å². The van der Waals surface area contributed by atoms with Crippen LogP contribution in [0.1, 0.15) is 6.23 Å². The van der Waals surface area contributed by atoms with Crippen LogP contribution in [0.25, 0.3) is 11.0 Å². The fraction of sp³-hybridized carbons (Fsp3) is 0.357. The number of aliphatic hydroxyl groups is 3. The summed E-state index contributed by atoms with van der Waals surface area (Å²) in [5.74, 6) is 0.295. The number of rotatable bonds is 3. The van der Waals surface area contributed by atoms with E-state index in [0.717, 1.165) is 0 Å². The van der Waals surface area contributed by atoms with Crippen LogP contribution in [0.2, 0.25) is 0 Å². The molecule has 3 heterocycles. The molecule has 4 atom stereocenters. The first-order chi connectivity index (χ1) is 10.5. The van der Waals surface area contributed by atoms with Gasteiger partial charge >= 0.3 is 0 Å². The molecule has 0 bridgehead atoms. The average molecular weight is 304 g/mol. The van der Waals surface area contributed by atoms with Crippen LogP contribution in [-0.2, 0) is 4.74 Å². The maximum Gasteiger partial charge on any atom is 0.171 e. The first kappa shape index (κ1) is 14.7. The van der Waals surface area contributed by atoms with Crippen molar-refractivity contribution in [1.29, 1.82) is 0 Å². The lowest BCUT2D eigenvalue weighted by Gasteiger charge is -2.28. The Labute approximate surface area is 125 Å². The lowest BCUT2D eigenvalue weighted by Crippen LogP contribution is -2.45. The van der Waals surface area contributed by atoms with Crippen LogP contribution in [0, 0.1) is 0 Å². The Morgan fingerprint density at radius 3 is 3.00 bits per heavy atom. The number of anilines is 1. The Hall–Kier alpha value is -2.22. The van der Waals surface area contributed by atoms with Crippen molar-refractivity contribution in [2.75, 3.05) is 12.3 Å². The number of aromatic nitrogens is 3. The highest BCUT2D eigenvalue weighted by molar-refractivity contribution is 5.86. The molecule has 5 N–H and O–H groups in total. The number of hydrogen-bond donors (Lipinski definition) is 4. The average Bonchev–Trinajstić information content (AvgIpc) is 3.02. The first-order valence-corrected chi connectivity index (χ1v) is 6.63. The predicted octanol–water partition coefficient (Wildman–Crippen LogP) is -0.664. The maximum absolute atomic E-state index is 10.8. The van der Waals surface area contributed by atoms with Gasteiger partial charge in [0.05, 0.1) is 12.0 Å². The molecule has 1 aliphatic heterocycles. The largest absolute Gasteiger partial charge is 0.394 e. The lowest BCUT2D eigenvalue weighted by molar-refractivity contribution is -0.0769. The molecule has 2 aromatic rings. The molecule has 2 aromatic heterocycles. The van der Waals surface area contributed by atoms with Crippen LogP contribution in [0.5, 0.6) is 0 Å². The second-order valence-corrected chi connectivity index (χ2v) is 5.11. The van der Waals surface area contributed by atoms with Crippen LogP contribution in [0.3, 0.4) is 0 Å². The monoisotopic (exact) mass is 304 g/mol. The number of ether oxygens (including phenoxy) is 1. The molecule has 0 unspecified atom stereocenters. The zero-order valence-electron chi connectivity index (χ0n) is 11.6. The molecule has 3 rings (SSSR count). The molecule has 8 nitrogen and oxygen atoms in total. The molecule has 1 aliphatic rings. The standard InChI is InChI=1S/C14H16N4O4/c1-2-4-14(21)10(20)9(6-19)22-13(14)18-5-3-8-11(15)16-7-17-12(8)18/h3-5,7,9-10,13,19-21H,1,6H2,(H2,15,16,17)/t9-,10-,13-,14-/m1/s1. The van der Waals surface area contributed by atoms with Gasteiger partial charge in [-0.3, -0.25) is 0 Å². The Morgan fingerprint density at radius 2 is 2.32 bits per heavy atom. The third-order valence-corrected chi connectivity index (χ3v) is 3.83. The maximum atomic E-state index is 10.8. The Kier molecular flexibility index (Phi) is 3.48. The van der Waals surface area contributed by atoms with Crippen LogP contribution in [-0.4, -0.2) is 54.3 Å². The van der Waals surface area contributed by atoms with Crippen LogP contribution in [0.15, 0.2) is 37.0 Å². The molecule has 0 saturated carbocycles. The van der Waals surface area contributed by atoms with E-state index in [0.29, 0.717) is 16.9 Å². The van der Waals surface area contributed by atoms with Crippen molar-refractivity contribution in [3.05, 3.63) is 37.0 Å². The summed E-state index contributed by atoms with van der Waals surface area (Å²) < 4.78 is 7.12. The minimum Gasteiger partial charge on any atom is -0.394 e. The summed E-state index contributed by atoms with van der Waals surface area (Å²) in [4.78, 5) is 8.03. The smallest absolute Gasteiger partial charge is 0.171 e. The van der Waals surface area contributed by atoms with Crippen molar-refractivity contribution in [2.45, 2.75) is 24.0 Å². The third kappa shape index (κ3) is 1.94. The number of nitrogen functional groups attached to an aromatic ring is 1. The summed E-state index contributed by atoms with van der Waals surface area (Å²) in [7, 11) is 0. The van der Waals surface area contributed by atoms with Gasteiger partial charge < -0.3 is 30.4 Å². The van der Waals surface area contributed by atoms with E-state index in [9.17, 15) is 15.3 Å². The second kappa shape index (κ2) is 5.20. The predicted molar refractivity (Wildman–Crippen MR) is 77.6 cm³/mol. The van der Waals surface area contributed by atoms with Crippen LogP contribution >= 0.6 is 0 Å². The van der Waals surface area contributed by atoms with Crippen molar-refractivity contribution in [3.8, 4) is 0 Å². The lowest BCUT2D eigenvalue weighted by atomic mass is 9.94. The van der Waals surface area contributed by atoms with Crippen molar-refractivity contribution >= 4 is 16.9 Å². The third-order valence-electron chi connectivity index (χ3n) is 3.83. The molecular formula is C14H16N4O4. The minimum absolute atomic E-state index is 0.295. The number of nitrogens with two attached hydrogens (primary N) is 1. The van der Waals surface area contributed by atoms with Crippen LogP contribution < -0.4 is 5.73 Å². The summed E-state index contributed by atoms with van der Waals surface area (Å²) in [5.41, 5.74) is 6.89. The van der Waals surface area contributed by atoms with E-state index in [1.165, 1.54) is 17.0 Å². The molecule has 1 fully saturated rings. The van der Waals surface area contributed by atoms with E-state index in [1.807, 2.05) is 0 Å². The fourth-order valence-electron chi connectivity index (χ4n) is 2.72. The van der Waals surface area contributed by atoms with Gasteiger partial charge in [-0.1, -0.05) is 6.58 Å². The van der Waals surface area contributed by atoms with Gasteiger partial charge in [-0.2, -0.15) is 0 Å². The summed E-state index contributed by atoms with van der Waals surface area (Å²) in [5, 5.41) is 30.9. The van der Waals surface area contributed by atoms with Gasteiger partial charge in [-0.15, -0.1) is 5.73 Å². The quantitative estimate of drug-likeness (QED) is 0.554. The molecule has 116 valence electrons. The van der Waals surface area contributed by atoms with E-state index in [4.69, 9.17) is 10.5 Å². The van der Waals surface area contributed by atoms with E-state index >= 15 is 0 Å². The second-order valence-electron chi connectivity index (χ2n) is 5.11. The van der Waals surface area contributed by atoms with Crippen molar-refractivity contribution in [2.24, 2.45) is 0 Å². The van der Waals surface area contributed by atoms with Gasteiger partial charge in [-0.25, -0.2) is 9.97 Å². The highest BCUT2D eigenvalue weighted by Crippen LogP contribution is 2.41. The highest BCUT2D eigenvalue weighted by Gasteiger charge is 2.55. The minimum atomic E-state index is -1.80. The van der Waals surface area contributed by atoms with Gasteiger partial charge in [0.1, 0.15) is 30.0 Å². The van der Waals surface area contributed by atoms with Gasteiger partial charge in [0.25, 0.3) is 0 Å². The molecule has 22 heavy (non-hydrogen) atoms. The summed E-state index contributed by atoms with van der Waals surface area (Å²) in [6.45, 7) is 2.98. The Morgan fingerprint density at radius 1 is 1.55 bits per heavy atom. The van der Waals surface area contributed by atoms with Gasteiger partial charge in [0.15, 0.2) is 11.8 Å². The molecule has 0 radical (unpaired) electrons. The number of nitrogens with zero attached hydrogens (tertiary/aromatic N) is 3. The van der Waals surface area contributed by atoms with E-state index in [2.05, 4.69) is 22.3 Å². The molecular weight excluding hydrogens is 288 g/mol. The zero-order chi connectivity index (χ0) is 15.9. The topological polar surface area (TPSA) is 127 Å².